The summed E-state index contributed by atoms with van der Waals surface area (Å²) >= 11 is 1.96. The molecular weight excluding hydrogens is 140 g/mol. The molecule has 0 radical (unpaired) electrons. The van der Waals surface area contributed by atoms with E-state index < -0.39 is 0 Å². The van der Waals surface area contributed by atoms with Crippen molar-refractivity contribution in [2.75, 3.05) is 5.75 Å². The van der Waals surface area contributed by atoms with Crippen molar-refractivity contribution in [1.82, 2.24) is 0 Å². The Balaban J connectivity index is 2.53. The maximum Gasteiger partial charge on any atom is 0.0235 e. The van der Waals surface area contributed by atoms with Gasteiger partial charge in [0, 0.05) is 5.75 Å². The van der Waals surface area contributed by atoms with Crippen molar-refractivity contribution in [1.29, 1.82) is 0 Å². The van der Waals surface area contributed by atoms with Crippen LogP contribution in [0.1, 0.15) is 13.8 Å². The SMILES string of the molecule is CC1=CC=C2CSC(C)=C12. The summed E-state index contributed by atoms with van der Waals surface area (Å²) in [7, 11) is 0. The molecule has 0 amide bonds. The van der Waals surface area contributed by atoms with Gasteiger partial charge in [-0.1, -0.05) is 12.2 Å². The normalized spacial score (nSPS) is 23.0. The lowest BCUT2D eigenvalue weighted by Crippen LogP contribution is -1.81. The van der Waals surface area contributed by atoms with Crippen LogP contribution < -0.4 is 0 Å². The van der Waals surface area contributed by atoms with Crippen LogP contribution in [0.4, 0.5) is 0 Å². The monoisotopic (exact) mass is 150 g/mol. The van der Waals surface area contributed by atoms with Gasteiger partial charge in [0.15, 0.2) is 0 Å². The molecule has 2 aliphatic rings. The van der Waals surface area contributed by atoms with Gasteiger partial charge in [0.25, 0.3) is 0 Å². The summed E-state index contributed by atoms with van der Waals surface area (Å²) in [5, 5.41) is 0. The Morgan fingerprint density at radius 1 is 1.30 bits per heavy atom. The molecule has 0 atom stereocenters. The fourth-order valence-corrected chi connectivity index (χ4v) is 2.58. The first kappa shape index (κ1) is 6.29. The van der Waals surface area contributed by atoms with Crippen molar-refractivity contribution in [2.24, 2.45) is 0 Å². The third-order valence-corrected chi connectivity index (χ3v) is 3.14. The van der Waals surface area contributed by atoms with Crippen LogP contribution in [0.5, 0.6) is 0 Å². The van der Waals surface area contributed by atoms with Crippen LogP contribution in [0.15, 0.2) is 33.8 Å². The molecule has 0 saturated carbocycles. The predicted molar refractivity (Wildman–Crippen MR) is 47.0 cm³/mol. The van der Waals surface area contributed by atoms with Gasteiger partial charge in [0.1, 0.15) is 0 Å². The van der Waals surface area contributed by atoms with E-state index in [2.05, 4.69) is 26.0 Å². The Kier molecular flexibility index (Phi) is 1.27. The Hall–Kier alpha value is -0.430. The summed E-state index contributed by atoms with van der Waals surface area (Å²) < 4.78 is 0. The summed E-state index contributed by atoms with van der Waals surface area (Å²) in [6.45, 7) is 4.40. The zero-order valence-electron chi connectivity index (χ0n) is 6.27. The minimum absolute atomic E-state index is 1.19. The zero-order chi connectivity index (χ0) is 7.14. The number of hydrogen-bond acceptors (Lipinski definition) is 1. The summed E-state index contributed by atoms with van der Waals surface area (Å²) in [4.78, 5) is 1.50. The van der Waals surface area contributed by atoms with Gasteiger partial charge in [-0.25, -0.2) is 0 Å². The van der Waals surface area contributed by atoms with E-state index in [0.717, 1.165) is 0 Å². The van der Waals surface area contributed by atoms with E-state index in [4.69, 9.17) is 0 Å². The minimum atomic E-state index is 1.19. The second-order valence-electron chi connectivity index (χ2n) is 2.76. The predicted octanol–water partition coefficient (Wildman–Crippen LogP) is 2.89. The quantitative estimate of drug-likeness (QED) is 0.511. The molecule has 10 heavy (non-hydrogen) atoms. The summed E-state index contributed by atoms with van der Waals surface area (Å²) in [5.41, 5.74) is 4.49. The summed E-state index contributed by atoms with van der Waals surface area (Å²) in [5.74, 6) is 1.19. The maximum atomic E-state index is 2.24. The highest BCUT2D eigenvalue weighted by molar-refractivity contribution is 8.03. The summed E-state index contributed by atoms with van der Waals surface area (Å²) in [6.07, 6.45) is 4.46. The van der Waals surface area contributed by atoms with Gasteiger partial charge in [-0.05, 0) is 35.5 Å². The van der Waals surface area contributed by atoms with E-state index in [9.17, 15) is 0 Å². The molecule has 1 heteroatoms. The van der Waals surface area contributed by atoms with Crippen LogP contribution in [0.2, 0.25) is 0 Å². The number of hydrogen-bond donors (Lipinski definition) is 0. The molecule has 0 bridgehead atoms. The Bertz CT molecular complexity index is 266. The van der Waals surface area contributed by atoms with Crippen molar-refractivity contribution in [2.45, 2.75) is 13.8 Å². The topological polar surface area (TPSA) is 0 Å². The molecule has 0 unspecified atom stereocenters. The fraction of sp³-hybridized carbons (Fsp3) is 0.333. The highest BCUT2D eigenvalue weighted by Gasteiger charge is 2.20. The van der Waals surface area contributed by atoms with Crippen molar-refractivity contribution in [3.8, 4) is 0 Å². The third-order valence-electron chi connectivity index (χ3n) is 2.05. The maximum absolute atomic E-state index is 2.24. The van der Waals surface area contributed by atoms with Crippen molar-refractivity contribution < 1.29 is 0 Å². The highest BCUT2D eigenvalue weighted by atomic mass is 32.2. The molecule has 0 N–H and O–H groups in total. The Morgan fingerprint density at radius 2 is 2.10 bits per heavy atom. The lowest BCUT2D eigenvalue weighted by Gasteiger charge is -1.97. The van der Waals surface area contributed by atoms with Gasteiger partial charge in [0.05, 0.1) is 0 Å². The van der Waals surface area contributed by atoms with Crippen LogP contribution in [0.25, 0.3) is 0 Å². The van der Waals surface area contributed by atoms with Gasteiger partial charge in [-0.3, -0.25) is 0 Å². The van der Waals surface area contributed by atoms with E-state index in [0.29, 0.717) is 0 Å². The van der Waals surface area contributed by atoms with Crippen molar-refractivity contribution >= 4 is 11.8 Å². The van der Waals surface area contributed by atoms with E-state index in [1.54, 1.807) is 0 Å². The molecule has 0 saturated heterocycles. The van der Waals surface area contributed by atoms with Gasteiger partial charge >= 0.3 is 0 Å². The van der Waals surface area contributed by atoms with E-state index >= 15 is 0 Å². The van der Waals surface area contributed by atoms with Gasteiger partial charge in [-0.15, -0.1) is 11.8 Å². The van der Waals surface area contributed by atoms with Gasteiger partial charge < -0.3 is 0 Å². The molecule has 1 aliphatic carbocycles. The first-order valence-corrected chi connectivity index (χ1v) is 4.49. The van der Waals surface area contributed by atoms with E-state index in [1.165, 1.54) is 27.4 Å². The lowest BCUT2D eigenvalue weighted by molar-refractivity contribution is 1.38. The second-order valence-corrected chi connectivity index (χ2v) is 3.95. The Labute approximate surface area is 65.7 Å². The molecule has 0 spiro atoms. The highest BCUT2D eigenvalue weighted by Crippen LogP contribution is 2.41. The lowest BCUT2D eigenvalue weighted by atomic mass is 10.1. The molecular formula is C9H10S. The number of rotatable bonds is 0. The number of allylic oxidation sites excluding steroid dienone is 5. The molecule has 0 nitrogen and oxygen atoms in total. The average Bonchev–Trinajstić information content (AvgIpc) is 2.40. The largest absolute Gasteiger partial charge is 0.125 e. The smallest absolute Gasteiger partial charge is 0.0235 e. The van der Waals surface area contributed by atoms with Crippen LogP contribution in [0, 0.1) is 0 Å². The zero-order valence-corrected chi connectivity index (χ0v) is 7.09. The fourth-order valence-electron chi connectivity index (χ4n) is 1.53. The molecule has 0 fully saturated rings. The standard InChI is InChI=1S/C9H10S/c1-6-3-4-8-5-10-7(2)9(6)8/h3-4H,5H2,1-2H3. The number of thioether (sulfide) groups is 1. The first-order chi connectivity index (χ1) is 4.79. The number of fused-ring (bicyclic) bond motifs is 1. The van der Waals surface area contributed by atoms with Crippen molar-refractivity contribution in [3.63, 3.8) is 0 Å². The van der Waals surface area contributed by atoms with Crippen LogP contribution in [0.3, 0.4) is 0 Å². The van der Waals surface area contributed by atoms with Gasteiger partial charge in [-0.2, -0.15) is 0 Å². The van der Waals surface area contributed by atoms with Crippen LogP contribution in [-0.4, -0.2) is 5.75 Å². The van der Waals surface area contributed by atoms with Crippen molar-refractivity contribution in [3.05, 3.63) is 33.8 Å². The van der Waals surface area contributed by atoms with Crippen LogP contribution in [-0.2, 0) is 0 Å². The van der Waals surface area contributed by atoms with Crippen LogP contribution >= 0.6 is 11.8 Å². The first-order valence-electron chi connectivity index (χ1n) is 3.51. The minimum Gasteiger partial charge on any atom is -0.125 e. The molecule has 0 aromatic carbocycles. The molecule has 1 aliphatic heterocycles. The van der Waals surface area contributed by atoms with Gasteiger partial charge in [0.2, 0.25) is 0 Å². The average molecular weight is 150 g/mol. The summed E-state index contributed by atoms with van der Waals surface area (Å²) in [6, 6.07) is 0. The molecule has 52 valence electrons. The second kappa shape index (κ2) is 2.03. The molecule has 1 heterocycles. The molecule has 0 aromatic heterocycles. The molecule has 0 aromatic rings. The third kappa shape index (κ3) is 0.702. The molecule has 2 rings (SSSR count). The van der Waals surface area contributed by atoms with E-state index in [-0.39, 0.29) is 0 Å². The van der Waals surface area contributed by atoms with E-state index in [1.807, 2.05) is 11.8 Å². The Morgan fingerprint density at radius 3 is 2.80 bits per heavy atom.